The molecule has 0 saturated carbocycles. The number of nitrogens with zero attached hydrogens (tertiary/aromatic N) is 1. The summed E-state index contributed by atoms with van der Waals surface area (Å²) in [4.78, 5) is 26.9. The molecule has 2 aromatic carbocycles. The van der Waals surface area contributed by atoms with Crippen molar-refractivity contribution in [2.24, 2.45) is 0 Å². The van der Waals surface area contributed by atoms with E-state index in [-0.39, 0.29) is 10.4 Å². The van der Waals surface area contributed by atoms with Gasteiger partial charge >= 0.3 is 5.97 Å². The molecule has 3 rings (SSSR count). The molecule has 0 aromatic heterocycles. The summed E-state index contributed by atoms with van der Waals surface area (Å²) in [5.41, 5.74) is 1.24. The van der Waals surface area contributed by atoms with E-state index in [0.717, 1.165) is 30.2 Å². The van der Waals surface area contributed by atoms with Gasteiger partial charge in [-0.2, -0.15) is 0 Å². The molecule has 2 unspecified atom stereocenters. The Balaban J connectivity index is 1.76. The standard InChI is InChI=1S/C29H35NO5S2/c1-4-6-7-8-10-13-20(3)35-23-17-16-21(18-24(23)34-5-2)19-25-27(31)30(29(36)37-25)26(28(32)33)22-14-11-9-12-15-22/h9,11-12,14-20,26H,4-8,10,13H2,1-3H3,(H,32,33). The number of hydrogen-bond acceptors (Lipinski definition) is 6. The molecule has 1 N–H and O–H groups in total. The number of aliphatic carboxylic acids is 1. The van der Waals surface area contributed by atoms with Crippen molar-refractivity contribution in [3.8, 4) is 11.5 Å². The van der Waals surface area contributed by atoms with E-state index in [0.29, 0.717) is 28.6 Å². The largest absolute Gasteiger partial charge is 0.490 e. The lowest BCUT2D eigenvalue weighted by Crippen LogP contribution is -2.37. The highest BCUT2D eigenvalue weighted by molar-refractivity contribution is 8.26. The van der Waals surface area contributed by atoms with Gasteiger partial charge in [0.05, 0.1) is 17.6 Å². The molecule has 1 saturated heterocycles. The smallest absolute Gasteiger partial charge is 0.331 e. The number of carboxylic acid groups (broad SMARTS) is 1. The average Bonchev–Trinajstić information content (AvgIpc) is 3.14. The van der Waals surface area contributed by atoms with Gasteiger partial charge in [0.25, 0.3) is 5.91 Å². The Hall–Kier alpha value is -2.84. The monoisotopic (exact) mass is 541 g/mol. The van der Waals surface area contributed by atoms with Gasteiger partial charge in [0, 0.05) is 0 Å². The number of thiocarbonyl (C=S) groups is 1. The third kappa shape index (κ3) is 7.82. The summed E-state index contributed by atoms with van der Waals surface area (Å²) < 4.78 is 12.2. The van der Waals surface area contributed by atoms with Crippen LogP contribution in [0.4, 0.5) is 0 Å². The lowest BCUT2D eigenvalue weighted by atomic mass is 10.1. The van der Waals surface area contributed by atoms with E-state index < -0.39 is 17.9 Å². The number of carbonyl (C=O) groups excluding carboxylic acids is 1. The molecule has 0 aliphatic carbocycles. The summed E-state index contributed by atoms with van der Waals surface area (Å²) in [7, 11) is 0. The quantitative estimate of drug-likeness (QED) is 0.153. The topological polar surface area (TPSA) is 76.1 Å². The number of carboxylic acids is 1. The first-order valence-electron chi connectivity index (χ1n) is 12.8. The van der Waals surface area contributed by atoms with Crippen LogP contribution in [0.25, 0.3) is 6.08 Å². The Morgan fingerprint density at radius 2 is 1.81 bits per heavy atom. The number of amides is 1. The van der Waals surface area contributed by atoms with Gasteiger partial charge in [-0.15, -0.1) is 0 Å². The molecular formula is C29H35NO5S2. The Morgan fingerprint density at radius 3 is 2.49 bits per heavy atom. The number of rotatable bonds is 14. The van der Waals surface area contributed by atoms with Crippen LogP contribution in [-0.4, -0.2) is 38.9 Å². The maximum atomic E-state index is 13.3. The molecule has 1 amide bonds. The number of ether oxygens (including phenoxy) is 2. The van der Waals surface area contributed by atoms with Crippen LogP contribution in [0.2, 0.25) is 0 Å². The van der Waals surface area contributed by atoms with Crippen molar-refractivity contribution >= 4 is 46.3 Å². The first-order valence-corrected chi connectivity index (χ1v) is 14.1. The van der Waals surface area contributed by atoms with Gasteiger partial charge in [-0.1, -0.05) is 93.0 Å². The minimum atomic E-state index is -1.18. The van der Waals surface area contributed by atoms with E-state index in [4.69, 9.17) is 21.7 Å². The van der Waals surface area contributed by atoms with Crippen LogP contribution < -0.4 is 9.47 Å². The van der Waals surface area contributed by atoms with E-state index in [2.05, 4.69) is 13.8 Å². The fraction of sp³-hybridized carbons (Fsp3) is 0.414. The average molecular weight is 542 g/mol. The maximum absolute atomic E-state index is 13.3. The summed E-state index contributed by atoms with van der Waals surface area (Å²) in [6.45, 7) is 6.67. The minimum Gasteiger partial charge on any atom is -0.490 e. The third-order valence-electron chi connectivity index (χ3n) is 6.04. The van der Waals surface area contributed by atoms with Crippen LogP contribution in [0.5, 0.6) is 11.5 Å². The summed E-state index contributed by atoms with van der Waals surface area (Å²) in [6, 6.07) is 13.0. The first kappa shape index (κ1) is 28.7. The number of benzene rings is 2. The molecular weight excluding hydrogens is 506 g/mol. The Bertz CT molecular complexity index is 1120. The maximum Gasteiger partial charge on any atom is 0.331 e. The number of unbranched alkanes of at least 4 members (excludes halogenated alkanes) is 4. The van der Waals surface area contributed by atoms with Crippen LogP contribution in [0.1, 0.15) is 76.5 Å². The van der Waals surface area contributed by atoms with Crippen molar-refractivity contribution < 1.29 is 24.2 Å². The third-order valence-corrected chi connectivity index (χ3v) is 7.37. The predicted molar refractivity (Wildman–Crippen MR) is 153 cm³/mol. The molecule has 2 aromatic rings. The lowest BCUT2D eigenvalue weighted by Gasteiger charge is -2.23. The molecule has 1 aliphatic rings. The van der Waals surface area contributed by atoms with Crippen molar-refractivity contribution in [2.75, 3.05) is 6.61 Å². The second kappa shape index (κ2) is 14.2. The van der Waals surface area contributed by atoms with E-state index in [9.17, 15) is 14.7 Å². The van der Waals surface area contributed by atoms with Crippen molar-refractivity contribution in [1.29, 1.82) is 0 Å². The van der Waals surface area contributed by atoms with Gasteiger partial charge in [-0.25, -0.2) is 4.79 Å². The molecule has 8 heteroatoms. The van der Waals surface area contributed by atoms with E-state index in [1.54, 1.807) is 36.4 Å². The summed E-state index contributed by atoms with van der Waals surface area (Å²) in [6.07, 6.45) is 8.86. The Kier molecular flexibility index (Phi) is 11.0. The molecule has 1 fully saturated rings. The van der Waals surface area contributed by atoms with Crippen molar-refractivity contribution in [2.45, 2.75) is 71.4 Å². The van der Waals surface area contributed by atoms with Crippen molar-refractivity contribution in [3.05, 3.63) is 64.6 Å². The molecule has 1 aliphatic heterocycles. The lowest BCUT2D eigenvalue weighted by molar-refractivity contribution is -0.145. The van der Waals surface area contributed by atoms with E-state index >= 15 is 0 Å². The van der Waals surface area contributed by atoms with Gasteiger partial charge in [0.2, 0.25) is 0 Å². The van der Waals surface area contributed by atoms with Gasteiger partial charge in [-0.05, 0) is 56.0 Å². The first-order chi connectivity index (χ1) is 17.8. The highest BCUT2D eigenvalue weighted by Gasteiger charge is 2.41. The van der Waals surface area contributed by atoms with Crippen LogP contribution in [-0.2, 0) is 9.59 Å². The number of hydrogen-bond donors (Lipinski definition) is 1. The fourth-order valence-electron chi connectivity index (χ4n) is 4.18. The van der Waals surface area contributed by atoms with Crippen LogP contribution in [0, 0.1) is 0 Å². The molecule has 1 heterocycles. The SMILES string of the molecule is CCCCCCCC(C)Oc1ccc(C=C2SC(=S)N(C(C(=O)O)c3ccccc3)C2=O)cc1OCC. The second-order valence-electron chi connectivity index (χ2n) is 8.97. The van der Waals surface area contributed by atoms with Crippen molar-refractivity contribution in [3.63, 3.8) is 0 Å². The Labute approximate surface area is 229 Å². The van der Waals surface area contributed by atoms with Crippen LogP contribution in [0.3, 0.4) is 0 Å². The van der Waals surface area contributed by atoms with Gasteiger partial charge in [0.15, 0.2) is 17.5 Å². The normalized spacial score (nSPS) is 16.2. The van der Waals surface area contributed by atoms with Crippen molar-refractivity contribution in [1.82, 2.24) is 4.90 Å². The highest BCUT2D eigenvalue weighted by atomic mass is 32.2. The highest BCUT2D eigenvalue weighted by Crippen LogP contribution is 2.39. The molecule has 198 valence electrons. The van der Waals surface area contributed by atoms with E-state index in [1.165, 1.54) is 30.6 Å². The molecule has 6 nitrogen and oxygen atoms in total. The summed E-state index contributed by atoms with van der Waals surface area (Å²) in [5, 5.41) is 9.88. The zero-order valence-electron chi connectivity index (χ0n) is 21.6. The molecule has 0 bridgehead atoms. The molecule has 0 spiro atoms. The fourth-order valence-corrected chi connectivity index (χ4v) is 5.50. The molecule has 37 heavy (non-hydrogen) atoms. The number of thioether (sulfide) groups is 1. The number of carbonyl (C=O) groups is 2. The second-order valence-corrected chi connectivity index (χ2v) is 10.6. The van der Waals surface area contributed by atoms with Gasteiger partial charge in [-0.3, -0.25) is 9.69 Å². The van der Waals surface area contributed by atoms with Gasteiger partial charge in [0.1, 0.15) is 4.32 Å². The van der Waals surface area contributed by atoms with E-state index in [1.807, 2.05) is 25.1 Å². The summed E-state index contributed by atoms with van der Waals surface area (Å²) in [5.74, 6) is -0.288. The predicted octanol–water partition coefficient (Wildman–Crippen LogP) is 7.24. The van der Waals surface area contributed by atoms with Gasteiger partial charge < -0.3 is 14.6 Å². The van der Waals surface area contributed by atoms with Crippen LogP contribution >= 0.6 is 24.0 Å². The zero-order chi connectivity index (χ0) is 26.8. The Morgan fingerprint density at radius 1 is 1.08 bits per heavy atom. The minimum absolute atomic E-state index is 0.0638. The molecule has 2 atom stereocenters. The molecule has 0 radical (unpaired) electrons. The zero-order valence-corrected chi connectivity index (χ0v) is 23.3. The summed E-state index contributed by atoms with van der Waals surface area (Å²) >= 11 is 6.52. The van der Waals surface area contributed by atoms with Crippen LogP contribution in [0.15, 0.2) is 53.4 Å².